The van der Waals surface area contributed by atoms with Gasteiger partial charge in [0.2, 0.25) is 0 Å². The quantitative estimate of drug-likeness (QED) is 0.287. The minimum absolute atomic E-state index is 0.0894. The predicted octanol–water partition coefficient (Wildman–Crippen LogP) is 4.25. The number of thioether (sulfide) groups is 1. The molecule has 4 rings (SSSR count). The molecule has 6 nitrogen and oxygen atoms in total. The maximum Gasteiger partial charge on any atom is 0.349 e. The molecule has 0 spiro atoms. The molecule has 0 atom stereocenters. The van der Waals surface area contributed by atoms with Crippen LogP contribution >= 0.6 is 35.3 Å². The van der Waals surface area contributed by atoms with Crippen LogP contribution in [0.4, 0.5) is 5.69 Å². The first kappa shape index (κ1) is 18.6. The van der Waals surface area contributed by atoms with Crippen molar-refractivity contribution in [1.29, 1.82) is 0 Å². The number of carbonyl (C=O) groups excluding carboxylic acids is 1. The van der Waals surface area contributed by atoms with Crippen LogP contribution in [0.3, 0.4) is 0 Å². The summed E-state index contributed by atoms with van der Waals surface area (Å²) in [5.41, 5.74) is 1.23. The van der Waals surface area contributed by atoms with Gasteiger partial charge in [-0.3, -0.25) is 10.1 Å². The lowest BCUT2D eigenvalue weighted by Crippen LogP contribution is -2.36. The number of carbonyl (C=O) groups is 1. The molecule has 140 valence electrons. The van der Waals surface area contributed by atoms with Gasteiger partial charge in [-0.15, -0.1) is 11.3 Å². The number of aromatic nitrogens is 1. The van der Waals surface area contributed by atoms with Crippen molar-refractivity contribution in [3.05, 3.63) is 64.5 Å². The first-order chi connectivity index (χ1) is 13.5. The number of thiocarbonyl (C=S) groups is 1. The van der Waals surface area contributed by atoms with Crippen LogP contribution in [0.5, 0.6) is 0 Å². The fourth-order valence-electron chi connectivity index (χ4n) is 2.62. The molecule has 2 aromatic heterocycles. The van der Waals surface area contributed by atoms with E-state index in [-0.39, 0.29) is 10.7 Å². The van der Waals surface area contributed by atoms with E-state index >= 15 is 0 Å². The Morgan fingerprint density at radius 3 is 2.86 bits per heavy atom. The third-order valence-electron chi connectivity index (χ3n) is 3.91. The molecule has 1 amide bonds. The maximum absolute atomic E-state index is 12.5. The number of hydrogen-bond acceptors (Lipinski definition) is 7. The molecule has 2 heterocycles. The number of fused-ring (bicyclic) bond motifs is 2. The highest BCUT2D eigenvalue weighted by molar-refractivity contribution is 8.00. The van der Waals surface area contributed by atoms with Gasteiger partial charge in [0.15, 0.2) is 9.45 Å². The van der Waals surface area contributed by atoms with Crippen molar-refractivity contribution < 1.29 is 9.21 Å². The smallest absolute Gasteiger partial charge is 0.349 e. The van der Waals surface area contributed by atoms with Gasteiger partial charge in [0, 0.05) is 11.1 Å². The summed E-state index contributed by atoms with van der Waals surface area (Å²) in [6.07, 6.45) is 1.98. The molecule has 0 bridgehead atoms. The molecule has 0 aliphatic carbocycles. The van der Waals surface area contributed by atoms with Crippen LogP contribution in [0, 0.1) is 0 Å². The second kappa shape index (κ2) is 7.70. The third kappa shape index (κ3) is 3.77. The van der Waals surface area contributed by atoms with E-state index in [0.29, 0.717) is 11.0 Å². The molecule has 0 saturated heterocycles. The highest BCUT2D eigenvalue weighted by atomic mass is 32.2. The number of hydrogen-bond donors (Lipinski definition) is 2. The van der Waals surface area contributed by atoms with Gasteiger partial charge in [-0.2, -0.15) is 0 Å². The van der Waals surface area contributed by atoms with E-state index in [4.69, 9.17) is 16.6 Å². The standard InChI is InChI=1S/C19H13N3O3S3/c1-27-19-21-13-7-6-11(9-15(13)28-19)20-18(26)22-16(23)12-8-10-4-2-3-5-14(10)25-17(12)24/h2-9H,1H3,(H2,20,22,23,26). The Labute approximate surface area is 173 Å². The van der Waals surface area contributed by atoms with Crippen molar-refractivity contribution in [2.45, 2.75) is 4.34 Å². The minimum atomic E-state index is -0.713. The summed E-state index contributed by atoms with van der Waals surface area (Å²) >= 11 is 8.38. The van der Waals surface area contributed by atoms with E-state index in [1.807, 2.05) is 24.5 Å². The summed E-state index contributed by atoms with van der Waals surface area (Å²) in [6, 6.07) is 14.1. The lowest BCUT2D eigenvalue weighted by atomic mass is 10.2. The molecule has 9 heteroatoms. The van der Waals surface area contributed by atoms with Gasteiger partial charge in [0.05, 0.1) is 10.2 Å². The van der Waals surface area contributed by atoms with Gasteiger partial charge in [-0.1, -0.05) is 30.0 Å². The van der Waals surface area contributed by atoms with Crippen molar-refractivity contribution in [2.24, 2.45) is 0 Å². The largest absolute Gasteiger partial charge is 0.422 e. The fourth-order valence-corrected chi connectivity index (χ4v) is 4.36. The molecule has 0 aliphatic heterocycles. The zero-order valence-corrected chi connectivity index (χ0v) is 17.0. The summed E-state index contributed by atoms with van der Waals surface area (Å²) in [5, 5.41) is 6.23. The van der Waals surface area contributed by atoms with Gasteiger partial charge in [-0.05, 0) is 48.8 Å². The second-order valence-electron chi connectivity index (χ2n) is 5.76. The summed E-state index contributed by atoms with van der Waals surface area (Å²) in [4.78, 5) is 29.0. The van der Waals surface area contributed by atoms with E-state index in [1.165, 1.54) is 6.07 Å². The van der Waals surface area contributed by atoms with Crippen molar-refractivity contribution in [1.82, 2.24) is 10.3 Å². The second-order valence-corrected chi connectivity index (χ2v) is 8.25. The monoisotopic (exact) mass is 427 g/mol. The Hall–Kier alpha value is -2.75. The minimum Gasteiger partial charge on any atom is -0.422 e. The number of benzene rings is 2. The summed E-state index contributed by atoms with van der Waals surface area (Å²) in [5.74, 6) is -0.624. The van der Waals surface area contributed by atoms with Gasteiger partial charge >= 0.3 is 5.63 Å². The molecule has 28 heavy (non-hydrogen) atoms. The van der Waals surface area contributed by atoms with E-state index in [1.54, 1.807) is 47.4 Å². The number of nitrogens with zero attached hydrogens (tertiary/aromatic N) is 1. The maximum atomic E-state index is 12.5. The molecular formula is C19H13N3O3S3. The van der Waals surface area contributed by atoms with E-state index < -0.39 is 11.5 Å². The summed E-state index contributed by atoms with van der Waals surface area (Å²) in [7, 11) is 0. The summed E-state index contributed by atoms with van der Waals surface area (Å²) in [6.45, 7) is 0. The topological polar surface area (TPSA) is 84.2 Å². The SMILES string of the molecule is CSc1nc2ccc(NC(=S)NC(=O)c3cc4ccccc4oc3=O)cc2s1. The Kier molecular flexibility index (Phi) is 5.12. The zero-order valence-electron chi connectivity index (χ0n) is 14.5. The van der Waals surface area contributed by atoms with Crippen molar-refractivity contribution in [3.8, 4) is 0 Å². The molecule has 4 aromatic rings. The fraction of sp³-hybridized carbons (Fsp3) is 0.0526. The predicted molar refractivity (Wildman–Crippen MR) is 118 cm³/mol. The lowest BCUT2D eigenvalue weighted by Gasteiger charge is -2.09. The van der Waals surface area contributed by atoms with Gasteiger partial charge in [-0.25, -0.2) is 9.78 Å². The Bertz CT molecular complexity index is 1280. The number of rotatable bonds is 3. The summed E-state index contributed by atoms with van der Waals surface area (Å²) < 4.78 is 7.18. The lowest BCUT2D eigenvalue weighted by molar-refractivity contribution is 0.0974. The van der Waals surface area contributed by atoms with Crippen molar-refractivity contribution in [2.75, 3.05) is 11.6 Å². The average Bonchev–Trinajstić information content (AvgIpc) is 3.09. The van der Waals surface area contributed by atoms with E-state index in [2.05, 4.69) is 15.6 Å². The number of nitrogens with one attached hydrogen (secondary N) is 2. The number of anilines is 1. The molecule has 0 aliphatic rings. The highest BCUT2D eigenvalue weighted by Crippen LogP contribution is 2.29. The highest BCUT2D eigenvalue weighted by Gasteiger charge is 2.15. The molecule has 0 radical (unpaired) electrons. The molecule has 2 N–H and O–H groups in total. The van der Waals surface area contributed by atoms with Crippen LogP contribution in [-0.4, -0.2) is 22.3 Å². The molecular weight excluding hydrogens is 414 g/mol. The van der Waals surface area contributed by atoms with Crippen LogP contribution < -0.4 is 16.3 Å². The van der Waals surface area contributed by atoms with Crippen LogP contribution in [0.15, 0.2) is 62.1 Å². The van der Waals surface area contributed by atoms with E-state index in [0.717, 1.165) is 20.2 Å². The van der Waals surface area contributed by atoms with Crippen molar-refractivity contribution >= 4 is 73.2 Å². The number of para-hydroxylation sites is 1. The Balaban J connectivity index is 1.51. The molecule has 0 unspecified atom stereocenters. The third-order valence-corrected chi connectivity index (χ3v) is 6.12. The van der Waals surface area contributed by atoms with Crippen LogP contribution in [-0.2, 0) is 0 Å². The van der Waals surface area contributed by atoms with Crippen LogP contribution in [0.2, 0.25) is 0 Å². The number of amides is 1. The molecule has 0 saturated carbocycles. The average molecular weight is 428 g/mol. The van der Waals surface area contributed by atoms with Crippen molar-refractivity contribution in [3.63, 3.8) is 0 Å². The first-order valence-corrected chi connectivity index (χ1v) is 10.6. The first-order valence-electron chi connectivity index (χ1n) is 8.13. The zero-order chi connectivity index (χ0) is 19.7. The van der Waals surface area contributed by atoms with Gasteiger partial charge in [0.1, 0.15) is 11.1 Å². The Morgan fingerprint density at radius 2 is 2.04 bits per heavy atom. The van der Waals surface area contributed by atoms with Crippen LogP contribution in [0.25, 0.3) is 21.2 Å². The number of thiazole rings is 1. The van der Waals surface area contributed by atoms with Gasteiger partial charge in [0.25, 0.3) is 5.91 Å². The normalized spacial score (nSPS) is 10.9. The van der Waals surface area contributed by atoms with Crippen LogP contribution in [0.1, 0.15) is 10.4 Å². The Morgan fingerprint density at radius 1 is 1.21 bits per heavy atom. The van der Waals surface area contributed by atoms with E-state index in [9.17, 15) is 9.59 Å². The molecule has 2 aromatic carbocycles. The molecule has 0 fully saturated rings. The van der Waals surface area contributed by atoms with Gasteiger partial charge < -0.3 is 9.73 Å².